The summed E-state index contributed by atoms with van der Waals surface area (Å²) in [5.74, 6) is -0.392. The number of benzene rings is 1. The number of anilines is 1. The summed E-state index contributed by atoms with van der Waals surface area (Å²) in [6, 6.07) is 5.56. The molecule has 1 aromatic rings. The first kappa shape index (κ1) is 16.7. The number of carbonyl (C=O) groups is 2. The summed E-state index contributed by atoms with van der Waals surface area (Å²) in [6.45, 7) is 4.27. The summed E-state index contributed by atoms with van der Waals surface area (Å²) in [7, 11) is 1.57. The van der Waals surface area contributed by atoms with Gasteiger partial charge in [0.05, 0.1) is 6.61 Å². The van der Waals surface area contributed by atoms with E-state index in [2.05, 4.69) is 21.2 Å². The molecule has 0 aliphatic heterocycles. The molecule has 1 N–H and O–H groups in total. The van der Waals surface area contributed by atoms with Gasteiger partial charge in [0.2, 0.25) is 11.8 Å². The van der Waals surface area contributed by atoms with Gasteiger partial charge in [0, 0.05) is 30.7 Å². The molecule has 1 rings (SSSR count). The normalized spacial score (nSPS) is 10.2. The Hall–Kier alpha value is -1.40. The number of hydrogen-bond acceptors (Lipinski definition) is 3. The van der Waals surface area contributed by atoms with E-state index in [0.717, 1.165) is 10.0 Å². The van der Waals surface area contributed by atoms with E-state index in [1.54, 1.807) is 7.11 Å². The van der Waals surface area contributed by atoms with Crippen molar-refractivity contribution in [2.24, 2.45) is 0 Å². The molecule has 2 amide bonds. The Morgan fingerprint density at radius 1 is 1.40 bits per heavy atom. The Morgan fingerprint density at radius 2 is 2.10 bits per heavy atom. The van der Waals surface area contributed by atoms with Crippen LogP contribution in [0.4, 0.5) is 5.69 Å². The quantitative estimate of drug-likeness (QED) is 0.803. The van der Waals surface area contributed by atoms with Crippen LogP contribution in [0.5, 0.6) is 0 Å². The number of amides is 2. The fourth-order valence-corrected chi connectivity index (χ4v) is 1.99. The molecule has 0 aliphatic carbocycles. The SMILES string of the molecule is COCCNC(=O)CN(C(C)=O)c1ccc(C)c(Br)c1. The number of nitrogens with zero attached hydrogens (tertiary/aromatic N) is 1. The van der Waals surface area contributed by atoms with Crippen LogP contribution in [0, 0.1) is 6.92 Å². The van der Waals surface area contributed by atoms with Crippen molar-refractivity contribution in [2.75, 3.05) is 31.7 Å². The van der Waals surface area contributed by atoms with E-state index in [1.165, 1.54) is 11.8 Å². The van der Waals surface area contributed by atoms with Crippen molar-refractivity contribution < 1.29 is 14.3 Å². The van der Waals surface area contributed by atoms with Gasteiger partial charge in [0.15, 0.2) is 0 Å². The van der Waals surface area contributed by atoms with Crippen molar-refractivity contribution in [3.63, 3.8) is 0 Å². The zero-order valence-corrected chi connectivity index (χ0v) is 13.5. The molecule has 0 atom stereocenters. The van der Waals surface area contributed by atoms with Crippen LogP contribution in [0.3, 0.4) is 0 Å². The minimum absolute atomic E-state index is 0.00541. The third kappa shape index (κ3) is 4.94. The smallest absolute Gasteiger partial charge is 0.240 e. The number of hydrogen-bond donors (Lipinski definition) is 1. The number of methoxy groups -OCH3 is 1. The first-order chi connectivity index (χ1) is 9.45. The van der Waals surface area contributed by atoms with E-state index < -0.39 is 0 Å². The Balaban J connectivity index is 2.76. The zero-order chi connectivity index (χ0) is 15.1. The zero-order valence-electron chi connectivity index (χ0n) is 11.9. The first-order valence-corrected chi connectivity index (χ1v) is 7.05. The lowest BCUT2D eigenvalue weighted by Crippen LogP contribution is -2.40. The molecule has 0 saturated carbocycles. The molecule has 6 heteroatoms. The van der Waals surface area contributed by atoms with Crippen molar-refractivity contribution in [3.05, 3.63) is 28.2 Å². The van der Waals surface area contributed by atoms with Crippen molar-refractivity contribution in [2.45, 2.75) is 13.8 Å². The van der Waals surface area contributed by atoms with Gasteiger partial charge >= 0.3 is 0 Å². The number of nitrogens with one attached hydrogen (secondary N) is 1. The summed E-state index contributed by atoms with van der Waals surface area (Å²) in [4.78, 5) is 24.9. The maximum absolute atomic E-state index is 11.8. The fourth-order valence-electron chi connectivity index (χ4n) is 1.63. The largest absolute Gasteiger partial charge is 0.383 e. The molecular weight excluding hydrogens is 324 g/mol. The third-order valence-corrected chi connectivity index (χ3v) is 3.63. The molecule has 0 fully saturated rings. The molecule has 0 heterocycles. The van der Waals surface area contributed by atoms with Crippen LogP contribution in [0.2, 0.25) is 0 Å². The van der Waals surface area contributed by atoms with E-state index in [0.29, 0.717) is 18.8 Å². The molecule has 110 valence electrons. The van der Waals surface area contributed by atoms with Crippen molar-refractivity contribution >= 4 is 33.4 Å². The van der Waals surface area contributed by atoms with Crippen LogP contribution in [-0.2, 0) is 14.3 Å². The van der Waals surface area contributed by atoms with Gasteiger partial charge in [-0.15, -0.1) is 0 Å². The van der Waals surface area contributed by atoms with E-state index >= 15 is 0 Å². The number of carbonyl (C=O) groups excluding carboxylic acids is 2. The lowest BCUT2D eigenvalue weighted by Gasteiger charge is -2.21. The van der Waals surface area contributed by atoms with Crippen LogP contribution < -0.4 is 10.2 Å². The summed E-state index contributed by atoms with van der Waals surface area (Å²) in [6.07, 6.45) is 0. The van der Waals surface area contributed by atoms with Gasteiger partial charge < -0.3 is 15.0 Å². The summed E-state index contributed by atoms with van der Waals surface area (Å²) >= 11 is 3.43. The van der Waals surface area contributed by atoms with Gasteiger partial charge in [-0.3, -0.25) is 9.59 Å². The lowest BCUT2D eigenvalue weighted by atomic mass is 10.2. The first-order valence-electron chi connectivity index (χ1n) is 6.25. The number of aryl methyl sites for hydroxylation is 1. The minimum atomic E-state index is -0.214. The maximum atomic E-state index is 11.8. The molecule has 20 heavy (non-hydrogen) atoms. The van der Waals surface area contributed by atoms with Crippen molar-refractivity contribution in [1.82, 2.24) is 5.32 Å². The standard InChI is InChI=1S/C14H19BrN2O3/c1-10-4-5-12(8-13(10)15)17(11(2)18)9-14(19)16-6-7-20-3/h4-5,8H,6-7,9H2,1-3H3,(H,16,19). The maximum Gasteiger partial charge on any atom is 0.240 e. The highest BCUT2D eigenvalue weighted by Crippen LogP contribution is 2.23. The fraction of sp³-hybridized carbons (Fsp3) is 0.429. The molecule has 0 saturated heterocycles. The molecule has 0 spiro atoms. The molecule has 0 aliphatic rings. The van der Waals surface area contributed by atoms with Gasteiger partial charge in [-0.2, -0.15) is 0 Å². The van der Waals surface area contributed by atoms with Crippen molar-refractivity contribution in [1.29, 1.82) is 0 Å². The average molecular weight is 343 g/mol. The summed E-state index contributed by atoms with van der Waals surface area (Å²) in [5, 5.41) is 2.70. The number of ether oxygens (including phenoxy) is 1. The molecule has 0 radical (unpaired) electrons. The second kappa shape index (κ2) is 8.01. The Bertz CT molecular complexity index is 491. The molecule has 0 unspecified atom stereocenters. The Morgan fingerprint density at radius 3 is 2.65 bits per heavy atom. The Labute approximate surface area is 127 Å². The highest BCUT2D eigenvalue weighted by Gasteiger charge is 2.16. The molecule has 0 bridgehead atoms. The van der Waals surface area contributed by atoms with Gasteiger partial charge in [-0.25, -0.2) is 0 Å². The number of halogens is 1. The van der Waals surface area contributed by atoms with Crippen LogP contribution in [-0.4, -0.2) is 38.6 Å². The highest BCUT2D eigenvalue weighted by molar-refractivity contribution is 9.10. The predicted octanol–water partition coefficient (Wildman–Crippen LogP) is 1.87. The third-order valence-electron chi connectivity index (χ3n) is 2.78. The second-order valence-electron chi connectivity index (χ2n) is 4.38. The molecule has 0 aromatic heterocycles. The van der Waals surface area contributed by atoms with Crippen LogP contribution in [0.25, 0.3) is 0 Å². The van der Waals surface area contributed by atoms with Crippen molar-refractivity contribution in [3.8, 4) is 0 Å². The van der Waals surface area contributed by atoms with Gasteiger partial charge in [0.1, 0.15) is 6.54 Å². The van der Waals surface area contributed by atoms with E-state index in [1.807, 2.05) is 25.1 Å². The predicted molar refractivity (Wildman–Crippen MR) is 81.8 cm³/mol. The van der Waals surface area contributed by atoms with E-state index in [-0.39, 0.29) is 18.4 Å². The van der Waals surface area contributed by atoms with Gasteiger partial charge in [-0.05, 0) is 24.6 Å². The van der Waals surface area contributed by atoms with Gasteiger partial charge in [-0.1, -0.05) is 22.0 Å². The Kier molecular flexibility index (Phi) is 6.67. The second-order valence-corrected chi connectivity index (χ2v) is 5.24. The van der Waals surface area contributed by atoms with E-state index in [9.17, 15) is 9.59 Å². The lowest BCUT2D eigenvalue weighted by molar-refractivity contribution is -0.123. The monoisotopic (exact) mass is 342 g/mol. The summed E-state index contributed by atoms with van der Waals surface area (Å²) < 4.78 is 5.76. The molecular formula is C14H19BrN2O3. The average Bonchev–Trinajstić information content (AvgIpc) is 2.39. The van der Waals surface area contributed by atoms with Crippen LogP contribution in [0.15, 0.2) is 22.7 Å². The minimum Gasteiger partial charge on any atom is -0.383 e. The highest BCUT2D eigenvalue weighted by atomic mass is 79.9. The summed E-state index contributed by atoms with van der Waals surface area (Å²) in [5.41, 5.74) is 1.76. The molecule has 1 aromatic carbocycles. The van der Waals surface area contributed by atoms with E-state index in [4.69, 9.17) is 4.74 Å². The van der Waals surface area contributed by atoms with Gasteiger partial charge in [0.25, 0.3) is 0 Å². The van der Waals surface area contributed by atoms with Crippen LogP contribution in [0.1, 0.15) is 12.5 Å². The molecule has 5 nitrogen and oxygen atoms in total. The van der Waals surface area contributed by atoms with Crippen LogP contribution >= 0.6 is 15.9 Å². The topological polar surface area (TPSA) is 58.6 Å². The number of rotatable bonds is 6.